The van der Waals surface area contributed by atoms with Gasteiger partial charge >= 0.3 is 0 Å². The summed E-state index contributed by atoms with van der Waals surface area (Å²) >= 11 is 0. The summed E-state index contributed by atoms with van der Waals surface area (Å²) in [4.78, 5) is 13.5. The second-order valence-electron chi connectivity index (χ2n) is 7.71. The molecule has 7 heteroatoms. The second-order valence-corrected chi connectivity index (χ2v) is 7.71. The van der Waals surface area contributed by atoms with Gasteiger partial charge in [-0.25, -0.2) is 4.98 Å². The number of unbranched alkanes of at least 4 members (excludes halogenated alkanes) is 2. The average molecular weight is 429 g/mol. The molecule has 5 N–H and O–H groups in total. The summed E-state index contributed by atoms with van der Waals surface area (Å²) in [6.07, 6.45) is 4.45. The van der Waals surface area contributed by atoms with Crippen molar-refractivity contribution in [2.24, 2.45) is 0 Å². The number of nitrogens with two attached hydrogens (primary N) is 2. The molecule has 0 radical (unpaired) electrons. The minimum Gasteiger partial charge on any atom is -0.496 e. The van der Waals surface area contributed by atoms with E-state index in [-0.39, 0.29) is 5.95 Å². The molecule has 0 spiro atoms. The quantitative estimate of drug-likeness (QED) is 0.325. The molecule has 0 aliphatic heterocycles. The number of para-hydroxylation sites is 1. The van der Waals surface area contributed by atoms with Gasteiger partial charge in [0.15, 0.2) is 0 Å². The fraction of sp³-hybridized carbons (Fsp3) is 0.240. The molecule has 0 aliphatic carbocycles. The van der Waals surface area contributed by atoms with E-state index >= 15 is 0 Å². The summed E-state index contributed by atoms with van der Waals surface area (Å²) in [5, 5.41) is 4.22. The van der Waals surface area contributed by atoms with Crippen LogP contribution in [0.1, 0.15) is 31.9 Å². The molecule has 0 fully saturated rings. The average Bonchev–Trinajstić information content (AvgIpc) is 2.79. The summed E-state index contributed by atoms with van der Waals surface area (Å²) in [5.74, 6) is 1.48. The molecule has 0 saturated carbocycles. The molecule has 0 unspecified atom stereocenters. The summed E-state index contributed by atoms with van der Waals surface area (Å²) < 4.78 is 5.46. The number of nitrogens with zero attached hydrogens (tertiary/aromatic N) is 3. The maximum atomic E-state index is 6.35. The Balaban J connectivity index is 1.62. The fourth-order valence-corrected chi connectivity index (χ4v) is 3.74. The smallest absolute Gasteiger partial charge is 0.222 e. The lowest BCUT2D eigenvalue weighted by Crippen LogP contribution is -2.02. The highest BCUT2D eigenvalue weighted by molar-refractivity contribution is 5.93. The number of ether oxygens (including phenoxy) is 1. The van der Waals surface area contributed by atoms with Crippen molar-refractivity contribution >= 4 is 34.0 Å². The Kier molecular flexibility index (Phi) is 6.35. The number of pyridine rings is 1. The van der Waals surface area contributed by atoms with Crippen LogP contribution in [0.3, 0.4) is 0 Å². The van der Waals surface area contributed by atoms with Crippen molar-refractivity contribution in [3.05, 3.63) is 60.3 Å². The number of nitrogen functional groups attached to an aromatic ring is 2. The molecule has 4 aromatic rings. The van der Waals surface area contributed by atoms with Gasteiger partial charge in [0.1, 0.15) is 11.6 Å². The monoisotopic (exact) mass is 428 g/mol. The third-order valence-electron chi connectivity index (χ3n) is 5.33. The normalized spacial score (nSPS) is 10.9. The van der Waals surface area contributed by atoms with Crippen LogP contribution in [-0.4, -0.2) is 22.1 Å². The molecule has 0 amide bonds. The zero-order valence-corrected chi connectivity index (χ0v) is 18.4. The highest BCUT2D eigenvalue weighted by atomic mass is 16.5. The zero-order valence-electron chi connectivity index (χ0n) is 18.4. The van der Waals surface area contributed by atoms with Gasteiger partial charge in [-0.2, -0.15) is 4.98 Å². The van der Waals surface area contributed by atoms with Crippen molar-refractivity contribution in [1.82, 2.24) is 15.0 Å². The van der Waals surface area contributed by atoms with Crippen LogP contribution in [0, 0.1) is 0 Å². The van der Waals surface area contributed by atoms with E-state index < -0.39 is 0 Å². The van der Waals surface area contributed by atoms with Crippen molar-refractivity contribution in [2.75, 3.05) is 23.9 Å². The third kappa shape index (κ3) is 4.72. The van der Waals surface area contributed by atoms with Crippen LogP contribution in [0.4, 0.5) is 23.1 Å². The molecular formula is C25H28N6O. The molecule has 32 heavy (non-hydrogen) atoms. The first-order valence-electron chi connectivity index (χ1n) is 10.8. The Morgan fingerprint density at radius 2 is 1.78 bits per heavy atom. The Hall–Kier alpha value is -3.87. The van der Waals surface area contributed by atoms with Gasteiger partial charge in [0.2, 0.25) is 5.95 Å². The fourth-order valence-electron chi connectivity index (χ4n) is 3.74. The van der Waals surface area contributed by atoms with E-state index in [1.165, 1.54) is 12.8 Å². The first kappa shape index (κ1) is 21.4. The standard InChI is InChI=1S/C25H28N6O/c1-3-4-5-8-16-14-20(26)19-13-17(11-12-21(19)28-16)29-24-15-22(30-25(27)31-24)18-9-6-7-10-23(18)32-2/h6-7,9-15H,3-5,8H2,1-2H3,(H2,26,28)(H3,27,29,30,31). The summed E-state index contributed by atoms with van der Waals surface area (Å²) in [6, 6.07) is 17.4. The first-order valence-corrected chi connectivity index (χ1v) is 10.8. The Morgan fingerprint density at radius 3 is 2.59 bits per heavy atom. The lowest BCUT2D eigenvalue weighted by atomic mass is 10.1. The minimum atomic E-state index is 0.176. The molecule has 0 saturated heterocycles. The molecule has 7 nitrogen and oxygen atoms in total. The molecule has 164 valence electrons. The number of hydrogen-bond donors (Lipinski definition) is 3. The predicted octanol–water partition coefficient (Wildman–Crippen LogP) is 5.34. The molecule has 0 bridgehead atoms. The van der Waals surface area contributed by atoms with E-state index in [1.54, 1.807) is 7.11 Å². The maximum Gasteiger partial charge on any atom is 0.222 e. The van der Waals surface area contributed by atoms with Crippen LogP contribution in [0.5, 0.6) is 5.75 Å². The van der Waals surface area contributed by atoms with Crippen LogP contribution in [0.15, 0.2) is 54.6 Å². The number of benzene rings is 2. The van der Waals surface area contributed by atoms with Gasteiger partial charge < -0.3 is 21.5 Å². The van der Waals surface area contributed by atoms with Gasteiger partial charge in [0.25, 0.3) is 0 Å². The van der Waals surface area contributed by atoms with Crippen LogP contribution in [-0.2, 0) is 6.42 Å². The molecule has 2 aromatic carbocycles. The van der Waals surface area contributed by atoms with E-state index in [9.17, 15) is 0 Å². The van der Waals surface area contributed by atoms with Gasteiger partial charge in [0.05, 0.1) is 18.3 Å². The number of methoxy groups -OCH3 is 1. The van der Waals surface area contributed by atoms with Crippen molar-refractivity contribution in [2.45, 2.75) is 32.6 Å². The SMILES string of the molecule is CCCCCc1cc(N)c2cc(Nc3cc(-c4ccccc4OC)nc(N)n3)ccc2n1. The summed E-state index contributed by atoms with van der Waals surface area (Å²) in [7, 11) is 1.63. The van der Waals surface area contributed by atoms with Crippen LogP contribution >= 0.6 is 0 Å². The van der Waals surface area contributed by atoms with E-state index in [4.69, 9.17) is 21.2 Å². The number of aryl methyl sites for hydroxylation is 1. The number of fused-ring (bicyclic) bond motifs is 1. The van der Waals surface area contributed by atoms with Crippen LogP contribution < -0.4 is 21.5 Å². The Labute approximate surface area is 187 Å². The van der Waals surface area contributed by atoms with E-state index in [0.29, 0.717) is 11.5 Å². The van der Waals surface area contributed by atoms with Crippen molar-refractivity contribution in [3.63, 3.8) is 0 Å². The molecule has 2 aromatic heterocycles. The number of nitrogens with one attached hydrogen (secondary N) is 1. The van der Waals surface area contributed by atoms with Crippen molar-refractivity contribution < 1.29 is 4.74 Å². The lowest BCUT2D eigenvalue weighted by Gasteiger charge is -2.12. The van der Waals surface area contributed by atoms with Gasteiger partial charge in [-0.05, 0) is 49.2 Å². The van der Waals surface area contributed by atoms with E-state index in [2.05, 4.69) is 22.2 Å². The van der Waals surface area contributed by atoms with E-state index in [0.717, 1.165) is 52.1 Å². The summed E-state index contributed by atoms with van der Waals surface area (Å²) in [6.45, 7) is 2.20. The van der Waals surface area contributed by atoms with Crippen molar-refractivity contribution in [1.29, 1.82) is 0 Å². The topological polar surface area (TPSA) is 112 Å². The van der Waals surface area contributed by atoms with Gasteiger partial charge in [-0.15, -0.1) is 0 Å². The lowest BCUT2D eigenvalue weighted by molar-refractivity contribution is 0.416. The first-order chi connectivity index (χ1) is 15.6. The number of hydrogen-bond acceptors (Lipinski definition) is 7. The van der Waals surface area contributed by atoms with Gasteiger partial charge in [-0.1, -0.05) is 31.9 Å². The van der Waals surface area contributed by atoms with Crippen LogP contribution in [0.2, 0.25) is 0 Å². The Morgan fingerprint density at radius 1 is 0.938 bits per heavy atom. The number of rotatable bonds is 8. The van der Waals surface area contributed by atoms with Crippen LogP contribution in [0.25, 0.3) is 22.2 Å². The highest BCUT2D eigenvalue weighted by Gasteiger charge is 2.11. The molecule has 2 heterocycles. The van der Waals surface area contributed by atoms with Gasteiger partial charge in [-0.3, -0.25) is 4.98 Å². The predicted molar refractivity (Wildman–Crippen MR) is 131 cm³/mol. The zero-order chi connectivity index (χ0) is 22.5. The molecule has 4 rings (SSSR count). The number of aromatic nitrogens is 3. The highest BCUT2D eigenvalue weighted by Crippen LogP contribution is 2.31. The maximum absolute atomic E-state index is 6.35. The minimum absolute atomic E-state index is 0.176. The molecule has 0 aliphatic rings. The summed E-state index contributed by atoms with van der Waals surface area (Å²) in [5.41, 5.74) is 17.4. The van der Waals surface area contributed by atoms with E-state index in [1.807, 2.05) is 54.6 Å². The largest absolute Gasteiger partial charge is 0.496 e. The van der Waals surface area contributed by atoms with Gasteiger partial charge in [0, 0.05) is 34.1 Å². The third-order valence-corrected chi connectivity index (χ3v) is 5.33. The van der Waals surface area contributed by atoms with Crippen molar-refractivity contribution in [3.8, 4) is 17.0 Å². The Bertz CT molecular complexity index is 1240. The second kappa shape index (κ2) is 9.51. The molecule has 0 atom stereocenters. The number of anilines is 4. The molecular weight excluding hydrogens is 400 g/mol.